The van der Waals surface area contributed by atoms with Gasteiger partial charge in [-0.1, -0.05) is 43.7 Å². The maximum atomic E-state index is 9.35. The summed E-state index contributed by atoms with van der Waals surface area (Å²) in [5, 5.41) is 9.35. The highest BCUT2D eigenvalue weighted by Gasteiger charge is 2.15. The van der Waals surface area contributed by atoms with E-state index in [-0.39, 0.29) is 6.61 Å². The second-order valence-corrected chi connectivity index (χ2v) is 4.94. The Bertz CT molecular complexity index is 559. The SMILES string of the molecule is CCCc1c(N)ncnc1N(CCO)Cc1ccccc1. The van der Waals surface area contributed by atoms with Crippen LogP contribution in [0.3, 0.4) is 0 Å². The molecule has 0 saturated carbocycles. The predicted octanol–water partition coefficient (Wildman–Crippen LogP) is 2.01. The zero-order chi connectivity index (χ0) is 15.1. The van der Waals surface area contributed by atoms with Crippen molar-refractivity contribution in [2.45, 2.75) is 26.3 Å². The Balaban J connectivity index is 2.31. The highest BCUT2D eigenvalue weighted by molar-refractivity contribution is 5.57. The first-order valence-electron chi connectivity index (χ1n) is 7.25. The molecule has 2 rings (SSSR count). The normalized spacial score (nSPS) is 10.6. The first-order chi connectivity index (χ1) is 10.3. The monoisotopic (exact) mass is 286 g/mol. The Morgan fingerprint density at radius 1 is 1.19 bits per heavy atom. The first kappa shape index (κ1) is 15.3. The molecule has 0 spiro atoms. The van der Waals surface area contributed by atoms with Crippen LogP contribution in [0.1, 0.15) is 24.5 Å². The molecule has 3 N–H and O–H groups in total. The van der Waals surface area contributed by atoms with Crippen molar-refractivity contribution in [3.8, 4) is 0 Å². The summed E-state index contributed by atoms with van der Waals surface area (Å²) in [4.78, 5) is 10.5. The molecule has 0 amide bonds. The van der Waals surface area contributed by atoms with Gasteiger partial charge in [0.2, 0.25) is 0 Å². The van der Waals surface area contributed by atoms with Crippen molar-refractivity contribution in [2.24, 2.45) is 0 Å². The minimum absolute atomic E-state index is 0.0717. The van der Waals surface area contributed by atoms with E-state index in [1.54, 1.807) is 0 Å². The van der Waals surface area contributed by atoms with Crippen LogP contribution in [-0.4, -0.2) is 28.2 Å². The fraction of sp³-hybridized carbons (Fsp3) is 0.375. The van der Waals surface area contributed by atoms with Crippen LogP contribution >= 0.6 is 0 Å². The van der Waals surface area contributed by atoms with Crippen molar-refractivity contribution >= 4 is 11.6 Å². The van der Waals surface area contributed by atoms with E-state index >= 15 is 0 Å². The third-order valence-electron chi connectivity index (χ3n) is 3.34. The van der Waals surface area contributed by atoms with Crippen molar-refractivity contribution in [3.63, 3.8) is 0 Å². The lowest BCUT2D eigenvalue weighted by Crippen LogP contribution is -2.28. The van der Waals surface area contributed by atoms with Crippen LogP contribution in [0.4, 0.5) is 11.6 Å². The van der Waals surface area contributed by atoms with E-state index in [4.69, 9.17) is 5.73 Å². The molecule has 0 saturated heterocycles. The van der Waals surface area contributed by atoms with E-state index in [1.807, 2.05) is 18.2 Å². The van der Waals surface area contributed by atoms with Gasteiger partial charge in [0.25, 0.3) is 0 Å². The van der Waals surface area contributed by atoms with Gasteiger partial charge in [-0.05, 0) is 12.0 Å². The van der Waals surface area contributed by atoms with Gasteiger partial charge in [-0.2, -0.15) is 0 Å². The molecule has 0 aliphatic rings. The molecule has 112 valence electrons. The third-order valence-corrected chi connectivity index (χ3v) is 3.34. The topological polar surface area (TPSA) is 75.3 Å². The summed E-state index contributed by atoms with van der Waals surface area (Å²) < 4.78 is 0. The van der Waals surface area contributed by atoms with Crippen molar-refractivity contribution in [1.82, 2.24) is 9.97 Å². The third kappa shape index (κ3) is 3.92. The summed E-state index contributed by atoms with van der Waals surface area (Å²) in [6.45, 7) is 3.38. The summed E-state index contributed by atoms with van der Waals surface area (Å²) >= 11 is 0. The number of nitrogens with zero attached hydrogens (tertiary/aromatic N) is 3. The number of benzene rings is 1. The van der Waals surface area contributed by atoms with Crippen molar-refractivity contribution < 1.29 is 5.11 Å². The van der Waals surface area contributed by atoms with Gasteiger partial charge in [0.15, 0.2) is 0 Å². The average molecular weight is 286 g/mol. The summed E-state index contributed by atoms with van der Waals surface area (Å²) in [5.41, 5.74) is 8.13. The quantitative estimate of drug-likeness (QED) is 0.814. The Kier molecular flexibility index (Phi) is 5.51. The van der Waals surface area contributed by atoms with E-state index in [2.05, 4.69) is 33.9 Å². The maximum Gasteiger partial charge on any atom is 0.137 e. The largest absolute Gasteiger partial charge is 0.395 e. The van der Waals surface area contributed by atoms with Gasteiger partial charge >= 0.3 is 0 Å². The lowest BCUT2D eigenvalue weighted by molar-refractivity contribution is 0.301. The zero-order valence-corrected chi connectivity index (χ0v) is 12.4. The molecule has 0 radical (unpaired) electrons. The molecule has 5 nitrogen and oxygen atoms in total. The first-order valence-corrected chi connectivity index (χ1v) is 7.25. The van der Waals surface area contributed by atoms with E-state index in [0.717, 1.165) is 24.2 Å². The molecular formula is C16H22N4O. The van der Waals surface area contributed by atoms with Gasteiger partial charge in [-0.3, -0.25) is 0 Å². The second kappa shape index (κ2) is 7.59. The van der Waals surface area contributed by atoms with Crippen LogP contribution in [0.5, 0.6) is 0 Å². The number of nitrogens with two attached hydrogens (primary N) is 1. The number of hydrogen-bond acceptors (Lipinski definition) is 5. The lowest BCUT2D eigenvalue weighted by atomic mass is 10.1. The summed E-state index contributed by atoms with van der Waals surface area (Å²) in [6.07, 6.45) is 3.29. The Morgan fingerprint density at radius 3 is 2.62 bits per heavy atom. The van der Waals surface area contributed by atoms with Crippen LogP contribution in [0.2, 0.25) is 0 Å². The van der Waals surface area contributed by atoms with Gasteiger partial charge in [0.1, 0.15) is 18.0 Å². The smallest absolute Gasteiger partial charge is 0.137 e. The number of aliphatic hydroxyl groups is 1. The van der Waals surface area contributed by atoms with Gasteiger partial charge < -0.3 is 15.7 Å². The van der Waals surface area contributed by atoms with Gasteiger partial charge in [-0.15, -0.1) is 0 Å². The van der Waals surface area contributed by atoms with Crippen LogP contribution in [0.15, 0.2) is 36.7 Å². The Morgan fingerprint density at radius 2 is 1.95 bits per heavy atom. The molecule has 1 aromatic carbocycles. The van der Waals surface area contributed by atoms with Crippen molar-refractivity contribution in [3.05, 3.63) is 47.8 Å². The van der Waals surface area contributed by atoms with Crippen molar-refractivity contribution in [1.29, 1.82) is 0 Å². The number of hydrogen-bond donors (Lipinski definition) is 2. The summed E-state index contributed by atoms with van der Waals surface area (Å²) in [7, 11) is 0. The van der Waals surface area contributed by atoms with Gasteiger partial charge in [0, 0.05) is 18.7 Å². The molecule has 1 aromatic heterocycles. The molecule has 0 unspecified atom stereocenters. The predicted molar refractivity (Wildman–Crippen MR) is 85.0 cm³/mol. The molecule has 1 heterocycles. The van der Waals surface area contributed by atoms with Crippen molar-refractivity contribution in [2.75, 3.05) is 23.8 Å². The minimum atomic E-state index is 0.0717. The second-order valence-electron chi connectivity index (χ2n) is 4.94. The molecule has 5 heteroatoms. The van der Waals surface area contributed by atoms with E-state index in [9.17, 15) is 5.11 Å². The highest BCUT2D eigenvalue weighted by atomic mass is 16.3. The molecular weight excluding hydrogens is 264 g/mol. The van der Waals surface area contributed by atoms with Crippen LogP contribution < -0.4 is 10.6 Å². The Labute approximate surface area is 125 Å². The number of aliphatic hydroxyl groups excluding tert-OH is 1. The van der Waals surface area contributed by atoms with E-state index in [0.29, 0.717) is 18.9 Å². The number of aromatic nitrogens is 2. The maximum absolute atomic E-state index is 9.35. The Hall–Kier alpha value is -2.14. The van der Waals surface area contributed by atoms with Gasteiger partial charge in [-0.25, -0.2) is 9.97 Å². The molecule has 2 aromatic rings. The number of anilines is 2. The molecule has 0 aliphatic carbocycles. The van der Waals surface area contributed by atoms with Crippen LogP contribution in [-0.2, 0) is 13.0 Å². The highest BCUT2D eigenvalue weighted by Crippen LogP contribution is 2.24. The summed E-state index contributed by atoms with van der Waals surface area (Å²) in [6, 6.07) is 10.1. The zero-order valence-electron chi connectivity index (χ0n) is 12.4. The van der Waals surface area contributed by atoms with Crippen LogP contribution in [0.25, 0.3) is 0 Å². The number of nitrogen functional groups attached to an aromatic ring is 1. The molecule has 21 heavy (non-hydrogen) atoms. The van der Waals surface area contributed by atoms with Gasteiger partial charge in [0.05, 0.1) is 6.61 Å². The molecule has 0 aliphatic heterocycles. The van der Waals surface area contributed by atoms with E-state index < -0.39 is 0 Å². The average Bonchev–Trinajstić information content (AvgIpc) is 2.50. The molecule has 0 bridgehead atoms. The molecule has 0 fully saturated rings. The lowest BCUT2D eigenvalue weighted by Gasteiger charge is -2.25. The fourth-order valence-corrected chi connectivity index (χ4v) is 2.36. The minimum Gasteiger partial charge on any atom is -0.395 e. The van der Waals surface area contributed by atoms with Crippen LogP contribution in [0, 0.1) is 0 Å². The fourth-order valence-electron chi connectivity index (χ4n) is 2.36. The summed E-state index contributed by atoms with van der Waals surface area (Å²) in [5.74, 6) is 1.35. The van der Waals surface area contributed by atoms with E-state index in [1.165, 1.54) is 11.9 Å². The molecule has 0 atom stereocenters. The standard InChI is InChI=1S/C16H22N4O/c1-2-6-14-15(17)18-12-19-16(14)20(9-10-21)11-13-7-4-3-5-8-13/h3-5,7-8,12,21H,2,6,9-11H2,1H3,(H2,17,18,19). The number of rotatable bonds is 7.